The van der Waals surface area contributed by atoms with E-state index in [0.717, 1.165) is 9.40 Å². The minimum atomic E-state index is -0.888. The second kappa shape index (κ2) is 4.72. The van der Waals surface area contributed by atoms with Gasteiger partial charge < -0.3 is 5.11 Å². The zero-order valence-corrected chi connectivity index (χ0v) is 11.6. The van der Waals surface area contributed by atoms with Crippen LogP contribution in [-0.2, 0) is 4.79 Å². The van der Waals surface area contributed by atoms with Crippen LogP contribution in [0.4, 0.5) is 0 Å². The normalized spacial score (nSPS) is 12.7. The van der Waals surface area contributed by atoms with E-state index >= 15 is 0 Å². The molecule has 3 nitrogen and oxygen atoms in total. The summed E-state index contributed by atoms with van der Waals surface area (Å²) in [6, 6.07) is 12.8. The molecule has 1 unspecified atom stereocenters. The molecule has 1 aromatic heterocycles. The Bertz CT molecular complexity index is 880. The highest BCUT2D eigenvalue weighted by Gasteiger charge is 2.15. The Morgan fingerprint density at radius 1 is 1.10 bits per heavy atom. The SMILES string of the molecule is CC(C(=O)O)c1ccc2sc3ccccc3c(=O)c2c1. The lowest BCUT2D eigenvalue weighted by molar-refractivity contribution is -0.138. The number of benzene rings is 2. The largest absolute Gasteiger partial charge is 0.481 e. The van der Waals surface area contributed by atoms with E-state index in [1.54, 1.807) is 36.5 Å². The summed E-state index contributed by atoms with van der Waals surface area (Å²) in [7, 11) is 0. The highest BCUT2D eigenvalue weighted by Crippen LogP contribution is 2.27. The first-order valence-corrected chi connectivity index (χ1v) is 7.08. The minimum absolute atomic E-state index is 0.0335. The fraction of sp³-hybridized carbons (Fsp3) is 0.125. The third-order valence-electron chi connectivity index (χ3n) is 3.47. The van der Waals surface area contributed by atoms with Gasteiger partial charge in [0.25, 0.3) is 0 Å². The van der Waals surface area contributed by atoms with Crippen LogP contribution in [0.15, 0.2) is 47.3 Å². The van der Waals surface area contributed by atoms with E-state index in [2.05, 4.69) is 0 Å². The predicted molar refractivity (Wildman–Crippen MR) is 81.7 cm³/mol. The molecule has 1 N–H and O–H groups in total. The van der Waals surface area contributed by atoms with Gasteiger partial charge in [-0.2, -0.15) is 0 Å². The van der Waals surface area contributed by atoms with Crippen LogP contribution in [0.5, 0.6) is 0 Å². The third kappa shape index (κ3) is 1.98. The quantitative estimate of drug-likeness (QED) is 0.731. The highest BCUT2D eigenvalue weighted by molar-refractivity contribution is 7.24. The van der Waals surface area contributed by atoms with Crippen molar-refractivity contribution in [2.75, 3.05) is 0 Å². The van der Waals surface area contributed by atoms with Gasteiger partial charge in [0.2, 0.25) is 0 Å². The standard InChI is InChI=1S/C16H12O3S/c1-9(16(18)19)10-6-7-14-12(8-10)15(17)11-4-2-3-5-13(11)20-14/h2-9H,1H3,(H,18,19). The zero-order chi connectivity index (χ0) is 14.3. The molecule has 0 aliphatic rings. The minimum Gasteiger partial charge on any atom is -0.481 e. The van der Waals surface area contributed by atoms with E-state index in [4.69, 9.17) is 5.11 Å². The number of carboxylic acid groups (broad SMARTS) is 1. The summed E-state index contributed by atoms with van der Waals surface area (Å²) in [6.45, 7) is 1.62. The third-order valence-corrected chi connectivity index (χ3v) is 4.62. The first-order chi connectivity index (χ1) is 9.58. The van der Waals surface area contributed by atoms with Crippen molar-refractivity contribution in [3.8, 4) is 0 Å². The lowest BCUT2D eigenvalue weighted by Gasteiger charge is -2.08. The van der Waals surface area contributed by atoms with Crippen LogP contribution in [0.1, 0.15) is 18.4 Å². The van der Waals surface area contributed by atoms with Crippen molar-refractivity contribution in [3.05, 3.63) is 58.3 Å². The Morgan fingerprint density at radius 3 is 2.55 bits per heavy atom. The van der Waals surface area contributed by atoms with Crippen LogP contribution in [0, 0.1) is 0 Å². The number of rotatable bonds is 2. The summed E-state index contributed by atoms with van der Waals surface area (Å²) in [5.41, 5.74) is 0.623. The summed E-state index contributed by atoms with van der Waals surface area (Å²) < 4.78 is 1.83. The fourth-order valence-corrected chi connectivity index (χ4v) is 3.28. The molecule has 1 atom stereocenters. The molecule has 0 aliphatic heterocycles. The molecule has 0 radical (unpaired) electrons. The number of hydrogen-bond acceptors (Lipinski definition) is 3. The van der Waals surface area contributed by atoms with E-state index in [-0.39, 0.29) is 5.43 Å². The Morgan fingerprint density at radius 2 is 1.80 bits per heavy atom. The van der Waals surface area contributed by atoms with Crippen molar-refractivity contribution < 1.29 is 9.90 Å². The van der Waals surface area contributed by atoms with Gasteiger partial charge in [0.05, 0.1) is 5.92 Å². The van der Waals surface area contributed by atoms with Crippen molar-refractivity contribution in [1.82, 2.24) is 0 Å². The van der Waals surface area contributed by atoms with Gasteiger partial charge in [-0.3, -0.25) is 9.59 Å². The lowest BCUT2D eigenvalue weighted by Crippen LogP contribution is -2.08. The molecule has 0 saturated heterocycles. The molecule has 0 spiro atoms. The predicted octanol–water partition coefficient (Wildman–Crippen LogP) is 3.60. The molecule has 20 heavy (non-hydrogen) atoms. The molecular formula is C16H12O3S. The second-order valence-corrected chi connectivity index (χ2v) is 5.83. The summed E-state index contributed by atoms with van der Waals surface area (Å²) >= 11 is 1.55. The summed E-state index contributed by atoms with van der Waals surface area (Å²) in [5, 5.41) is 10.4. The van der Waals surface area contributed by atoms with Crippen molar-refractivity contribution >= 4 is 37.5 Å². The molecular weight excluding hydrogens is 272 g/mol. The van der Waals surface area contributed by atoms with Crippen LogP contribution in [0.25, 0.3) is 20.2 Å². The average Bonchev–Trinajstić information content (AvgIpc) is 2.46. The maximum Gasteiger partial charge on any atom is 0.310 e. The molecule has 100 valence electrons. The molecule has 0 aliphatic carbocycles. The van der Waals surface area contributed by atoms with Gasteiger partial charge in [0, 0.05) is 20.2 Å². The molecule has 0 amide bonds. The van der Waals surface area contributed by atoms with Crippen molar-refractivity contribution in [2.45, 2.75) is 12.8 Å². The molecule has 4 heteroatoms. The van der Waals surface area contributed by atoms with Gasteiger partial charge in [0.1, 0.15) is 0 Å². The monoisotopic (exact) mass is 284 g/mol. The Kier molecular flexibility index (Phi) is 3.03. The molecule has 2 aromatic carbocycles. The lowest BCUT2D eigenvalue weighted by atomic mass is 10.00. The zero-order valence-electron chi connectivity index (χ0n) is 10.8. The van der Waals surface area contributed by atoms with Gasteiger partial charge in [0.15, 0.2) is 5.43 Å². The average molecular weight is 284 g/mol. The first-order valence-electron chi connectivity index (χ1n) is 6.26. The summed E-state index contributed by atoms with van der Waals surface area (Å²) in [4.78, 5) is 23.5. The van der Waals surface area contributed by atoms with Crippen molar-refractivity contribution in [1.29, 1.82) is 0 Å². The Labute approximate surface area is 119 Å². The van der Waals surface area contributed by atoms with Gasteiger partial charge in [-0.1, -0.05) is 18.2 Å². The van der Waals surface area contributed by atoms with E-state index in [1.807, 2.05) is 24.3 Å². The molecule has 0 bridgehead atoms. The second-order valence-electron chi connectivity index (χ2n) is 4.74. The number of fused-ring (bicyclic) bond motifs is 2. The van der Waals surface area contributed by atoms with Crippen molar-refractivity contribution in [2.24, 2.45) is 0 Å². The Balaban J connectivity index is 2.34. The van der Waals surface area contributed by atoms with E-state index in [9.17, 15) is 9.59 Å². The summed E-state index contributed by atoms with van der Waals surface area (Å²) in [5.74, 6) is -1.50. The maximum absolute atomic E-state index is 12.5. The van der Waals surface area contributed by atoms with E-state index in [0.29, 0.717) is 16.3 Å². The van der Waals surface area contributed by atoms with Gasteiger partial charge in [-0.15, -0.1) is 11.3 Å². The van der Waals surface area contributed by atoms with Gasteiger partial charge in [-0.05, 0) is 36.8 Å². The molecule has 0 fully saturated rings. The van der Waals surface area contributed by atoms with E-state index < -0.39 is 11.9 Å². The van der Waals surface area contributed by atoms with Crippen LogP contribution >= 0.6 is 11.3 Å². The molecule has 1 heterocycles. The Hall–Kier alpha value is -2.20. The number of carbonyl (C=O) groups is 1. The topological polar surface area (TPSA) is 54.4 Å². The van der Waals surface area contributed by atoms with Crippen LogP contribution in [0.3, 0.4) is 0 Å². The molecule has 3 aromatic rings. The fourth-order valence-electron chi connectivity index (χ4n) is 2.23. The smallest absolute Gasteiger partial charge is 0.310 e. The maximum atomic E-state index is 12.5. The first kappa shape index (κ1) is 12.8. The van der Waals surface area contributed by atoms with Crippen molar-refractivity contribution in [3.63, 3.8) is 0 Å². The van der Waals surface area contributed by atoms with Crippen LogP contribution in [0.2, 0.25) is 0 Å². The molecule has 3 rings (SSSR count). The van der Waals surface area contributed by atoms with Crippen LogP contribution < -0.4 is 5.43 Å². The number of carboxylic acids is 1. The van der Waals surface area contributed by atoms with Gasteiger partial charge >= 0.3 is 5.97 Å². The van der Waals surface area contributed by atoms with Gasteiger partial charge in [-0.25, -0.2) is 0 Å². The number of aliphatic carboxylic acids is 1. The van der Waals surface area contributed by atoms with Crippen LogP contribution in [-0.4, -0.2) is 11.1 Å². The summed E-state index contributed by atoms with van der Waals surface area (Å²) in [6.07, 6.45) is 0. The highest BCUT2D eigenvalue weighted by atomic mass is 32.1. The number of hydrogen-bond donors (Lipinski definition) is 1. The molecule has 0 saturated carbocycles. The van der Waals surface area contributed by atoms with E-state index in [1.165, 1.54) is 0 Å².